The molecule has 0 amide bonds. The van der Waals surface area contributed by atoms with Gasteiger partial charge in [-0.3, -0.25) is 9.59 Å². The molecule has 0 N–H and O–H groups in total. The average Bonchev–Trinajstić information content (AvgIpc) is 2.85. The Bertz CT molecular complexity index is 693. The Labute approximate surface area is 138 Å². The van der Waals surface area contributed by atoms with Crippen molar-refractivity contribution in [2.45, 2.75) is 59.3 Å². The molecular formula is C21H26O2. The van der Waals surface area contributed by atoms with Crippen molar-refractivity contribution < 1.29 is 9.59 Å². The number of Topliss-reactive ketones (excluding diaryl/α,β-unsaturated/α-hetero) is 2. The second-order valence-corrected chi connectivity index (χ2v) is 8.48. The average molecular weight is 310 g/mol. The molecule has 2 fully saturated rings. The summed E-state index contributed by atoms with van der Waals surface area (Å²) < 4.78 is 0. The van der Waals surface area contributed by atoms with Gasteiger partial charge in [0, 0.05) is 23.8 Å². The fourth-order valence-electron chi connectivity index (χ4n) is 5.89. The number of hydrogen-bond donors (Lipinski definition) is 0. The number of hydrogen-bond acceptors (Lipinski definition) is 2. The van der Waals surface area contributed by atoms with Crippen molar-refractivity contribution in [3.8, 4) is 0 Å². The largest absolute Gasteiger partial charge is 0.300 e. The Hall–Kier alpha value is -1.44. The van der Waals surface area contributed by atoms with Crippen LogP contribution in [0.1, 0.15) is 59.3 Å². The van der Waals surface area contributed by atoms with E-state index in [1.807, 2.05) is 0 Å². The molecule has 0 radical (unpaired) electrons. The summed E-state index contributed by atoms with van der Waals surface area (Å²) in [5.74, 6) is 1.74. The van der Waals surface area contributed by atoms with E-state index < -0.39 is 0 Å². The zero-order valence-electron chi connectivity index (χ0n) is 14.4. The summed E-state index contributed by atoms with van der Waals surface area (Å²) in [4.78, 5) is 23.9. The van der Waals surface area contributed by atoms with E-state index in [9.17, 15) is 9.59 Å². The van der Waals surface area contributed by atoms with Crippen molar-refractivity contribution in [3.05, 3.63) is 34.9 Å². The minimum atomic E-state index is -0.0815. The van der Waals surface area contributed by atoms with Gasteiger partial charge in [-0.25, -0.2) is 0 Å². The van der Waals surface area contributed by atoms with E-state index in [2.05, 4.69) is 32.1 Å². The third-order valence-electron chi connectivity index (χ3n) is 7.37. The molecule has 0 aliphatic heterocycles. The molecule has 0 saturated heterocycles. The summed E-state index contributed by atoms with van der Waals surface area (Å²) in [7, 11) is 0. The Morgan fingerprint density at radius 3 is 2.74 bits per heavy atom. The number of rotatable bonds is 1. The van der Waals surface area contributed by atoms with Gasteiger partial charge in [0.1, 0.15) is 5.78 Å². The highest BCUT2D eigenvalue weighted by Crippen LogP contribution is 2.62. The Morgan fingerprint density at radius 1 is 1.22 bits per heavy atom. The topological polar surface area (TPSA) is 34.1 Å². The SMILES string of the molecule is CC(=O)C1=CC=C2C3=CCC4CC(=O)CC[C@]4(C)[C@H]3CC[C@]12C. The third-order valence-corrected chi connectivity index (χ3v) is 7.37. The second kappa shape index (κ2) is 4.78. The van der Waals surface area contributed by atoms with Crippen LogP contribution in [0.5, 0.6) is 0 Å². The van der Waals surface area contributed by atoms with E-state index in [4.69, 9.17) is 0 Å². The molecule has 4 atom stereocenters. The highest BCUT2D eigenvalue weighted by Gasteiger charge is 2.53. The molecule has 4 rings (SSSR count). The van der Waals surface area contributed by atoms with Gasteiger partial charge in [-0.2, -0.15) is 0 Å². The monoisotopic (exact) mass is 310 g/mol. The zero-order valence-corrected chi connectivity index (χ0v) is 14.4. The van der Waals surface area contributed by atoms with Crippen molar-refractivity contribution in [2.24, 2.45) is 22.7 Å². The van der Waals surface area contributed by atoms with Crippen molar-refractivity contribution in [1.29, 1.82) is 0 Å². The lowest BCUT2D eigenvalue weighted by molar-refractivity contribution is -0.126. The molecule has 0 aromatic heterocycles. The quantitative estimate of drug-likeness (QED) is 0.711. The minimum absolute atomic E-state index is 0.0815. The van der Waals surface area contributed by atoms with E-state index >= 15 is 0 Å². The summed E-state index contributed by atoms with van der Waals surface area (Å²) in [5, 5.41) is 0. The van der Waals surface area contributed by atoms with E-state index in [0.29, 0.717) is 17.6 Å². The predicted molar refractivity (Wildman–Crippen MR) is 90.8 cm³/mol. The van der Waals surface area contributed by atoms with Crippen molar-refractivity contribution in [3.63, 3.8) is 0 Å². The van der Waals surface area contributed by atoms with E-state index in [1.165, 1.54) is 11.1 Å². The molecule has 4 aliphatic carbocycles. The van der Waals surface area contributed by atoms with Crippen molar-refractivity contribution in [2.75, 3.05) is 0 Å². The standard InChI is InChI=1S/C21H26O2/c1-13(22)17-6-7-18-16-5-4-14-12-15(23)8-10-20(14,2)19(16)9-11-21(17,18)3/h5-7,14,19H,4,8-12H2,1-3H3/t14?,19-,20-,21+/m0/s1. The van der Waals surface area contributed by atoms with E-state index in [0.717, 1.165) is 44.1 Å². The van der Waals surface area contributed by atoms with Crippen LogP contribution in [0.15, 0.2) is 34.9 Å². The number of fused-ring (bicyclic) bond motifs is 5. The first-order valence-electron chi connectivity index (χ1n) is 9.02. The highest BCUT2D eigenvalue weighted by atomic mass is 16.1. The van der Waals surface area contributed by atoms with Crippen LogP contribution >= 0.6 is 0 Å². The van der Waals surface area contributed by atoms with Crippen molar-refractivity contribution >= 4 is 11.6 Å². The van der Waals surface area contributed by atoms with Crippen LogP contribution in [0.25, 0.3) is 0 Å². The smallest absolute Gasteiger partial charge is 0.156 e. The molecule has 0 bridgehead atoms. The lowest BCUT2D eigenvalue weighted by Crippen LogP contribution is -2.47. The van der Waals surface area contributed by atoms with Gasteiger partial charge < -0.3 is 0 Å². The van der Waals surface area contributed by atoms with Gasteiger partial charge in [0.25, 0.3) is 0 Å². The van der Waals surface area contributed by atoms with E-state index in [-0.39, 0.29) is 16.6 Å². The Kier molecular flexibility index (Phi) is 3.14. The lowest BCUT2D eigenvalue weighted by atomic mass is 9.49. The van der Waals surface area contributed by atoms with Crippen LogP contribution in [-0.2, 0) is 9.59 Å². The normalized spacial score (nSPS) is 42.0. The Morgan fingerprint density at radius 2 is 2.00 bits per heavy atom. The summed E-state index contributed by atoms with van der Waals surface area (Å²) in [5.41, 5.74) is 4.04. The minimum Gasteiger partial charge on any atom is -0.300 e. The van der Waals surface area contributed by atoms with Crippen LogP contribution in [0.3, 0.4) is 0 Å². The van der Waals surface area contributed by atoms with E-state index in [1.54, 1.807) is 6.92 Å². The molecule has 1 unspecified atom stereocenters. The van der Waals surface area contributed by atoms with Gasteiger partial charge >= 0.3 is 0 Å². The van der Waals surface area contributed by atoms with Gasteiger partial charge in [0.2, 0.25) is 0 Å². The predicted octanol–water partition coefficient (Wildman–Crippen LogP) is 4.56. The summed E-state index contributed by atoms with van der Waals surface area (Å²) in [6.07, 6.45) is 12.4. The number of carbonyl (C=O) groups excluding carboxylic acids is 2. The lowest BCUT2D eigenvalue weighted by Gasteiger charge is -2.54. The van der Waals surface area contributed by atoms with Gasteiger partial charge in [0.15, 0.2) is 5.78 Å². The molecular weight excluding hydrogens is 284 g/mol. The van der Waals surface area contributed by atoms with Crippen LogP contribution in [0.2, 0.25) is 0 Å². The fraction of sp³-hybridized carbons (Fsp3) is 0.619. The molecule has 4 aliphatic rings. The van der Waals surface area contributed by atoms with Gasteiger partial charge in [-0.1, -0.05) is 32.1 Å². The number of allylic oxidation sites excluding steroid dienone is 6. The highest BCUT2D eigenvalue weighted by molar-refractivity contribution is 5.97. The fourth-order valence-corrected chi connectivity index (χ4v) is 5.89. The molecule has 0 spiro atoms. The maximum absolute atomic E-state index is 12.0. The summed E-state index contributed by atoms with van der Waals surface area (Å²) in [6.45, 7) is 6.35. The number of ketones is 2. The molecule has 2 heteroatoms. The molecule has 122 valence electrons. The van der Waals surface area contributed by atoms with Gasteiger partial charge in [0.05, 0.1) is 0 Å². The molecule has 2 nitrogen and oxygen atoms in total. The van der Waals surface area contributed by atoms with Gasteiger partial charge in [-0.05, 0) is 61.0 Å². The first-order chi connectivity index (χ1) is 10.9. The second-order valence-electron chi connectivity index (χ2n) is 8.48. The first-order valence-corrected chi connectivity index (χ1v) is 9.02. The Balaban J connectivity index is 1.72. The molecule has 0 aromatic carbocycles. The van der Waals surface area contributed by atoms with Gasteiger partial charge in [-0.15, -0.1) is 0 Å². The maximum Gasteiger partial charge on any atom is 0.156 e. The molecule has 0 heterocycles. The first kappa shape index (κ1) is 15.1. The molecule has 2 saturated carbocycles. The van der Waals surface area contributed by atoms with Crippen LogP contribution in [-0.4, -0.2) is 11.6 Å². The number of carbonyl (C=O) groups is 2. The third kappa shape index (κ3) is 1.93. The zero-order chi connectivity index (χ0) is 16.4. The maximum atomic E-state index is 12.0. The van der Waals surface area contributed by atoms with Crippen molar-refractivity contribution in [1.82, 2.24) is 0 Å². The van der Waals surface area contributed by atoms with Crippen LogP contribution in [0.4, 0.5) is 0 Å². The van der Waals surface area contributed by atoms with Crippen LogP contribution in [0, 0.1) is 22.7 Å². The van der Waals surface area contributed by atoms with Crippen LogP contribution < -0.4 is 0 Å². The summed E-state index contributed by atoms with van der Waals surface area (Å²) in [6, 6.07) is 0. The summed E-state index contributed by atoms with van der Waals surface area (Å²) >= 11 is 0. The molecule has 23 heavy (non-hydrogen) atoms. The molecule has 0 aromatic rings.